The van der Waals surface area contributed by atoms with Gasteiger partial charge in [0, 0.05) is 6.04 Å². The molecule has 0 amide bonds. The number of piperidine rings is 1. The van der Waals surface area contributed by atoms with Gasteiger partial charge in [0.1, 0.15) is 5.82 Å². The largest absolute Gasteiger partial charge is 0.387 e. The van der Waals surface area contributed by atoms with E-state index in [0.29, 0.717) is 10.4 Å². The molecule has 0 bridgehead atoms. The fourth-order valence-electron chi connectivity index (χ4n) is 2.32. The Labute approximate surface area is 109 Å². The first-order valence-corrected chi connectivity index (χ1v) is 6.73. The minimum absolute atomic E-state index is 0.0658. The molecule has 2 rings (SSSR count). The monoisotopic (exact) mass is 301 g/mol. The molecule has 3 unspecified atom stereocenters. The van der Waals surface area contributed by atoms with E-state index in [4.69, 9.17) is 0 Å². The molecular formula is C13H17BrFNO. The average molecular weight is 302 g/mol. The second-order valence-electron chi connectivity index (χ2n) is 4.81. The molecule has 0 saturated carbocycles. The van der Waals surface area contributed by atoms with Gasteiger partial charge in [0.2, 0.25) is 0 Å². The quantitative estimate of drug-likeness (QED) is 0.880. The maximum absolute atomic E-state index is 13.1. The SMILES string of the molecule is CC1CCNC(C(O)c2ccc(F)c(Br)c2)C1. The van der Waals surface area contributed by atoms with Crippen LogP contribution in [0.25, 0.3) is 0 Å². The van der Waals surface area contributed by atoms with Gasteiger partial charge in [0.05, 0.1) is 10.6 Å². The standard InChI is InChI=1S/C13H17BrFNO/c1-8-4-5-16-12(6-8)13(17)9-2-3-11(15)10(14)7-9/h2-3,7-8,12-13,16-17H,4-6H2,1H3. The molecule has 4 heteroatoms. The minimum atomic E-state index is -0.574. The van der Waals surface area contributed by atoms with Crippen LogP contribution in [0.5, 0.6) is 0 Å². The molecule has 1 fully saturated rings. The summed E-state index contributed by atoms with van der Waals surface area (Å²) in [6.07, 6.45) is 1.53. The van der Waals surface area contributed by atoms with Crippen LogP contribution in [-0.2, 0) is 0 Å². The number of halogens is 2. The van der Waals surface area contributed by atoms with Crippen LogP contribution in [0.1, 0.15) is 31.4 Å². The van der Waals surface area contributed by atoms with Gasteiger partial charge in [-0.05, 0) is 58.9 Å². The molecule has 2 N–H and O–H groups in total. The molecule has 0 spiro atoms. The molecule has 1 heterocycles. The molecule has 17 heavy (non-hydrogen) atoms. The van der Waals surface area contributed by atoms with Gasteiger partial charge < -0.3 is 10.4 Å². The maximum Gasteiger partial charge on any atom is 0.137 e. The summed E-state index contributed by atoms with van der Waals surface area (Å²) in [6.45, 7) is 3.13. The van der Waals surface area contributed by atoms with Crippen molar-refractivity contribution in [3.8, 4) is 0 Å². The zero-order chi connectivity index (χ0) is 12.4. The molecule has 1 aromatic rings. The summed E-state index contributed by atoms with van der Waals surface area (Å²) in [7, 11) is 0. The van der Waals surface area contributed by atoms with Gasteiger partial charge in [-0.3, -0.25) is 0 Å². The first-order chi connectivity index (χ1) is 8.08. The third-order valence-corrected chi connectivity index (χ3v) is 3.97. The number of nitrogens with one attached hydrogen (secondary N) is 1. The Morgan fingerprint density at radius 1 is 1.53 bits per heavy atom. The fraction of sp³-hybridized carbons (Fsp3) is 0.538. The lowest BCUT2D eigenvalue weighted by molar-refractivity contribution is 0.101. The number of hydrogen-bond acceptors (Lipinski definition) is 2. The number of aliphatic hydroxyl groups excluding tert-OH is 1. The number of benzene rings is 1. The Bertz CT molecular complexity index is 399. The zero-order valence-electron chi connectivity index (χ0n) is 9.79. The molecule has 0 radical (unpaired) electrons. The summed E-state index contributed by atoms with van der Waals surface area (Å²) in [6, 6.07) is 4.75. The molecule has 1 aliphatic heterocycles. The van der Waals surface area contributed by atoms with E-state index >= 15 is 0 Å². The molecule has 94 valence electrons. The minimum Gasteiger partial charge on any atom is -0.387 e. The Morgan fingerprint density at radius 2 is 2.29 bits per heavy atom. The van der Waals surface area contributed by atoms with E-state index in [1.165, 1.54) is 6.07 Å². The van der Waals surface area contributed by atoms with E-state index in [1.54, 1.807) is 12.1 Å². The van der Waals surface area contributed by atoms with Crippen molar-refractivity contribution in [2.24, 2.45) is 5.92 Å². The lowest BCUT2D eigenvalue weighted by atomic mass is 9.89. The van der Waals surface area contributed by atoms with Crippen molar-refractivity contribution in [2.75, 3.05) is 6.54 Å². The van der Waals surface area contributed by atoms with Crippen LogP contribution in [0.15, 0.2) is 22.7 Å². The van der Waals surface area contributed by atoms with Crippen LogP contribution in [0.3, 0.4) is 0 Å². The van der Waals surface area contributed by atoms with E-state index < -0.39 is 6.10 Å². The number of rotatable bonds is 2. The Hall–Kier alpha value is -0.450. The van der Waals surface area contributed by atoms with Gasteiger partial charge in [-0.15, -0.1) is 0 Å². The summed E-state index contributed by atoms with van der Waals surface area (Å²) in [5.41, 5.74) is 0.755. The third-order valence-electron chi connectivity index (χ3n) is 3.37. The smallest absolute Gasteiger partial charge is 0.137 e. The molecular weight excluding hydrogens is 285 g/mol. The lowest BCUT2D eigenvalue weighted by Crippen LogP contribution is -2.41. The Morgan fingerprint density at radius 3 is 2.94 bits per heavy atom. The molecule has 1 aliphatic rings. The van der Waals surface area contributed by atoms with Gasteiger partial charge in [0.15, 0.2) is 0 Å². The van der Waals surface area contributed by atoms with E-state index in [-0.39, 0.29) is 11.9 Å². The van der Waals surface area contributed by atoms with Crippen LogP contribution in [0.2, 0.25) is 0 Å². The number of hydrogen-bond donors (Lipinski definition) is 2. The summed E-state index contributed by atoms with van der Waals surface area (Å²) in [5.74, 6) is 0.325. The van der Waals surface area contributed by atoms with E-state index in [0.717, 1.165) is 24.9 Å². The van der Waals surface area contributed by atoms with Crippen LogP contribution in [0, 0.1) is 11.7 Å². The van der Waals surface area contributed by atoms with Gasteiger partial charge in [-0.25, -0.2) is 4.39 Å². The summed E-state index contributed by atoms with van der Waals surface area (Å²) in [4.78, 5) is 0. The van der Waals surface area contributed by atoms with E-state index in [1.807, 2.05) is 0 Å². The zero-order valence-corrected chi connectivity index (χ0v) is 11.4. The summed E-state index contributed by atoms with van der Waals surface area (Å²) >= 11 is 3.14. The van der Waals surface area contributed by atoms with Gasteiger partial charge in [0.25, 0.3) is 0 Å². The van der Waals surface area contributed by atoms with Crippen LogP contribution in [0.4, 0.5) is 4.39 Å². The highest BCUT2D eigenvalue weighted by atomic mass is 79.9. The highest BCUT2D eigenvalue weighted by molar-refractivity contribution is 9.10. The normalized spacial score (nSPS) is 26.8. The fourth-order valence-corrected chi connectivity index (χ4v) is 2.72. The van der Waals surface area contributed by atoms with Crippen LogP contribution < -0.4 is 5.32 Å². The Balaban J connectivity index is 2.12. The molecule has 2 nitrogen and oxygen atoms in total. The predicted molar refractivity (Wildman–Crippen MR) is 69.2 cm³/mol. The van der Waals surface area contributed by atoms with Crippen molar-refractivity contribution < 1.29 is 9.50 Å². The molecule has 0 aliphatic carbocycles. The van der Waals surface area contributed by atoms with E-state index in [2.05, 4.69) is 28.2 Å². The van der Waals surface area contributed by atoms with Crippen LogP contribution >= 0.6 is 15.9 Å². The highest BCUT2D eigenvalue weighted by Gasteiger charge is 2.26. The van der Waals surface area contributed by atoms with Crippen molar-refractivity contribution >= 4 is 15.9 Å². The van der Waals surface area contributed by atoms with Gasteiger partial charge in [-0.1, -0.05) is 13.0 Å². The van der Waals surface area contributed by atoms with Crippen molar-refractivity contribution in [1.29, 1.82) is 0 Å². The third kappa shape index (κ3) is 3.06. The second-order valence-corrected chi connectivity index (χ2v) is 5.66. The predicted octanol–water partition coefficient (Wildman–Crippen LogP) is 3.01. The Kier molecular flexibility index (Phi) is 4.17. The topological polar surface area (TPSA) is 32.3 Å². The van der Waals surface area contributed by atoms with Gasteiger partial charge in [-0.2, -0.15) is 0 Å². The molecule has 1 saturated heterocycles. The molecule has 0 aromatic heterocycles. The first kappa shape index (κ1) is 13.0. The van der Waals surface area contributed by atoms with Crippen molar-refractivity contribution in [3.63, 3.8) is 0 Å². The number of aliphatic hydroxyl groups is 1. The summed E-state index contributed by atoms with van der Waals surface area (Å²) < 4.78 is 13.5. The maximum atomic E-state index is 13.1. The molecule has 1 aromatic carbocycles. The molecule has 3 atom stereocenters. The second kappa shape index (κ2) is 5.46. The highest BCUT2D eigenvalue weighted by Crippen LogP contribution is 2.28. The summed E-state index contributed by atoms with van der Waals surface area (Å²) in [5, 5.41) is 13.6. The first-order valence-electron chi connectivity index (χ1n) is 5.94. The van der Waals surface area contributed by atoms with Gasteiger partial charge >= 0.3 is 0 Å². The van der Waals surface area contributed by atoms with Crippen molar-refractivity contribution in [1.82, 2.24) is 5.32 Å². The van der Waals surface area contributed by atoms with Crippen molar-refractivity contribution in [2.45, 2.75) is 31.9 Å². The van der Waals surface area contributed by atoms with Crippen LogP contribution in [-0.4, -0.2) is 17.7 Å². The average Bonchev–Trinajstić information content (AvgIpc) is 2.32. The van der Waals surface area contributed by atoms with E-state index in [9.17, 15) is 9.50 Å². The lowest BCUT2D eigenvalue weighted by Gasteiger charge is -2.32. The van der Waals surface area contributed by atoms with Crippen molar-refractivity contribution in [3.05, 3.63) is 34.1 Å².